The van der Waals surface area contributed by atoms with Crippen molar-refractivity contribution in [2.75, 3.05) is 13.2 Å². The first kappa shape index (κ1) is 47.6. The average molecular weight is 699 g/mol. The van der Waals surface area contributed by atoms with Crippen molar-refractivity contribution >= 4 is 11.9 Å². The van der Waals surface area contributed by atoms with Gasteiger partial charge in [0.2, 0.25) is 0 Å². The molecule has 5 heteroatoms. The molecule has 0 aliphatic heterocycles. The second-order valence-corrected chi connectivity index (χ2v) is 13.7. The van der Waals surface area contributed by atoms with Crippen molar-refractivity contribution in [1.82, 2.24) is 0 Å². The fourth-order valence-corrected chi connectivity index (χ4v) is 5.59. The minimum absolute atomic E-state index is 0.0858. The van der Waals surface area contributed by atoms with Crippen LogP contribution in [0, 0.1) is 0 Å². The lowest BCUT2D eigenvalue weighted by Gasteiger charge is -2.15. The number of aliphatic hydroxyl groups excluding tert-OH is 1. The van der Waals surface area contributed by atoms with Gasteiger partial charge in [-0.25, -0.2) is 0 Å². The Morgan fingerprint density at radius 3 is 1.28 bits per heavy atom. The van der Waals surface area contributed by atoms with E-state index in [2.05, 4.69) is 74.6 Å². The average Bonchev–Trinajstić information content (AvgIpc) is 3.12. The van der Waals surface area contributed by atoms with Crippen LogP contribution in [0.5, 0.6) is 0 Å². The minimum Gasteiger partial charge on any atom is -0.462 e. The maximum absolute atomic E-state index is 12.2. The normalized spacial score (nSPS) is 12.8. The van der Waals surface area contributed by atoms with Crippen molar-refractivity contribution in [3.63, 3.8) is 0 Å². The number of unbranched alkanes of at least 4 members (excludes halogenated alkanes) is 19. The van der Waals surface area contributed by atoms with Gasteiger partial charge in [0.1, 0.15) is 6.61 Å². The number of rotatable bonds is 37. The summed E-state index contributed by atoms with van der Waals surface area (Å²) < 4.78 is 10.6. The SMILES string of the molecule is CCCCC/C=C/C/C=C/C/C=C/C/C=C/CCCCCC(=O)OC[C@H](CO)OC(=O)CCCCCCCCC/C=C/CCCCCCCC. The Morgan fingerprint density at radius 2 is 0.800 bits per heavy atom. The summed E-state index contributed by atoms with van der Waals surface area (Å²) in [6.45, 7) is 4.07. The molecule has 0 aliphatic carbocycles. The molecule has 0 amide bonds. The predicted molar refractivity (Wildman–Crippen MR) is 214 cm³/mol. The summed E-state index contributed by atoms with van der Waals surface area (Å²) in [6.07, 6.45) is 52.8. The fraction of sp³-hybridized carbons (Fsp3) is 0.733. The maximum atomic E-state index is 12.2. The van der Waals surface area contributed by atoms with Gasteiger partial charge in [0.05, 0.1) is 6.61 Å². The second kappa shape index (κ2) is 41.0. The number of aliphatic hydroxyl groups is 1. The number of allylic oxidation sites excluding steroid dienone is 10. The first-order valence-corrected chi connectivity index (χ1v) is 20.8. The van der Waals surface area contributed by atoms with Crippen LogP contribution in [0.2, 0.25) is 0 Å². The van der Waals surface area contributed by atoms with Gasteiger partial charge in [0.15, 0.2) is 6.10 Å². The van der Waals surface area contributed by atoms with E-state index in [0.29, 0.717) is 12.8 Å². The van der Waals surface area contributed by atoms with Crippen LogP contribution in [0.25, 0.3) is 0 Å². The van der Waals surface area contributed by atoms with E-state index in [-0.39, 0.29) is 25.2 Å². The molecule has 288 valence electrons. The molecule has 0 saturated carbocycles. The highest BCUT2D eigenvalue weighted by Crippen LogP contribution is 2.12. The summed E-state index contributed by atoms with van der Waals surface area (Å²) in [4.78, 5) is 24.3. The topological polar surface area (TPSA) is 72.8 Å². The lowest BCUT2D eigenvalue weighted by molar-refractivity contribution is -0.161. The number of carbonyl (C=O) groups is 2. The van der Waals surface area contributed by atoms with Gasteiger partial charge >= 0.3 is 11.9 Å². The molecule has 1 atom stereocenters. The van der Waals surface area contributed by atoms with E-state index in [1.165, 1.54) is 103 Å². The molecule has 0 fully saturated rings. The molecular weight excluding hydrogens is 620 g/mol. The number of hydrogen-bond donors (Lipinski definition) is 1. The van der Waals surface area contributed by atoms with E-state index in [1.807, 2.05) is 0 Å². The van der Waals surface area contributed by atoms with E-state index in [9.17, 15) is 14.7 Å². The van der Waals surface area contributed by atoms with Gasteiger partial charge in [0, 0.05) is 12.8 Å². The minimum atomic E-state index is -0.788. The Balaban J connectivity index is 3.63. The van der Waals surface area contributed by atoms with Crippen LogP contribution in [0.15, 0.2) is 60.8 Å². The number of esters is 2. The molecule has 0 aliphatic rings. The molecule has 5 nitrogen and oxygen atoms in total. The Hall–Kier alpha value is -2.40. The first-order valence-electron chi connectivity index (χ1n) is 20.8. The number of carbonyl (C=O) groups excluding carboxylic acids is 2. The molecule has 1 N–H and O–H groups in total. The predicted octanol–water partition coefficient (Wildman–Crippen LogP) is 13.2. The zero-order chi connectivity index (χ0) is 36.4. The molecule has 0 saturated heterocycles. The Labute approximate surface area is 309 Å². The molecule has 0 aromatic carbocycles. The molecular formula is C45H78O5. The van der Waals surface area contributed by atoms with Gasteiger partial charge in [-0.3, -0.25) is 9.59 Å². The first-order chi connectivity index (χ1) is 24.6. The Bertz CT molecular complexity index is 884. The Morgan fingerprint density at radius 1 is 0.460 bits per heavy atom. The van der Waals surface area contributed by atoms with Crippen molar-refractivity contribution in [3.8, 4) is 0 Å². The summed E-state index contributed by atoms with van der Waals surface area (Å²) in [5.74, 6) is -0.633. The zero-order valence-electron chi connectivity index (χ0n) is 32.6. The van der Waals surface area contributed by atoms with Crippen LogP contribution in [0.1, 0.15) is 194 Å². The van der Waals surface area contributed by atoms with Crippen molar-refractivity contribution in [1.29, 1.82) is 0 Å². The van der Waals surface area contributed by atoms with Gasteiger partial charge in [0.25, 0.3) is 0 Å². The van der Waals surface area contributed by atoms with Gasteiger partial charge in [-0.05, 0) is 83.5 Å². The standard InChI is InChI=1S/C45H78O5/c1-3-5-7-9-11-13-15-17-19-21-22-24-25-27-29-31-33-35-37-39-44(47)49-42-43(41-46)50-45(48)40-38-36-34-32-30-28-26-23-20-18-16-14-12-10-8-6-4-2/h11,13,17-20,22,24,27,29,43,46H,3-10,12,14-16,21,23,25-26,28,30-42H2,1-2H3/b13-11+,19-17+,20-18+,24-22+,29-27+/t43-/m0/s1. The summed E-state index contributed by atoms with van der Waals surface area (Å²) in [5.41, 5.74) is 0. The van der Waals surface area contributed by atoms with E-state index >= 15 is 0 Å². The largest absolute Gasteiger partial charge is 0.462 e. The third kappa shape index (κ3) is 38.4. The third-order valence-electron chi connectivity index (χ3n) is 8.78. The van der Waals surface area contributed by atoms with E-state index in [4.69, 9.17) is 9.47 Å². The fourth-order valence-electron chi connectivity index (χ4n) is 5.59. The van der Waals surface area contributed by atoms with Gasteiger partial charge in [-0.2, -0.15) is 0 Å². The van der Waals surface area contributed by atoms with Gasteiger partial charge in [-0.1, -0.05) is 158 Å². The lowest BCUT2D eigenvalue weighted by atomic mass is 10.1. The molecule has 0 aromatic heterocycles. The van der Waals surface area contributed by atoms with Gasteiger partial charge < -0.3 is 14.6 Å². The van der Waals surface area contributed by atoms with Crippen LogP contribution < -0.4 is 0 Å². The van der Waals surface area contributed by atoms with Crippen LogP contribution >= 0.6 is 0 Å². The molecule has 0 spiro atoms. The van der Waals surface area contributed by atoms with E-state index in [0.717, 1.165) is 64.2 Å². The van der Waals surface area contributed by atoms with Crippen molar-refractivity contribution in [3.05, 3.63) is 60.8 Å². The van der Waals surface area contributed by atoms with Crippen molar-refractivity contribution in [2.45, 2.75) is 200 Å². The highest BCUT2D eigenvalue weighted by Gasteiger charge is 2.16. The van der Waals surface area contributed by atoms with E-state index < -0.39 is 6.10 Å². The summed E-state index contributed by atoms with van der Waals surface area (Å²) in [7, 11) is 0. The summed E-state index contributed by atoms with van der Waals surface area (Å²) in [5, 5.41) is 9.56. The molecule has 0 bridgehead atoms. The van der Waals surface area contributed by atoms with Crippen molar-refractivity contribution in [2.24, 2.45) is 0 Å². The van der Waals surface area contributed by atoms with E-state index in [1.54, 1.807) is 0 Å². The molecule has 50 heavy (non-hydrogen) atoms. The quantitative estimate of drug-likeness (QED) is 0.0397. The summed E-state index contributed by atoms with van der Waals surface area (Å²) >= 11 is 0. The lowest BCUT2D eigenvalue weighted by Crippen LogP contribution is -2.28. The Kier molecular flexibility index (Phi) is 39.1. The monoisotopic (exact) mass is 699 g/mol. The van der Waals surface area contributed by atoms with Crippen molar-refractivity contribution < 1.29 is 24.2 Å². The second-order valence-electron chi connectivity index (χ2n) is 13.7. The molecule has 0 rings (SSSR count). The van der Waals surface area contributed by atoms with Crippen LogP contribution in [-0.4, -0.2) is 36.4 Å². The number of ether oxygens (including phenoxy) is 2. The molecule has 0 aromatic rings. The molecule has 0 heterocycles. The maximum Gasteiger partial charge on any atom is 0.306 e. The smallest absolute Gasteiger partial charge is 0.306 e. The van der Waals surface area contributed by atoms with Crippen LogP contribution in [-0.2, 0) is 19.1 Å². The van der Waals surface area contributed by atoms with Gasteiger partial charge in [-0.15, -0.1) is 0 Å². The third-order valence-corrected chi connectivity index (χ3v) is 8.78. The summed E-state index contributed by atoms with van der Waals surface area (Å²) in [6, 6.07) is 0. The molecule has 0 unspecified atom stereocenters. The highest BCUT2D eigenvalue weighted by molar-refractivity contribution is 5.70. The van der Waals surface area contributed by atoms with Crippen LogP contribution in [0.3, 0.4) is 0 Å². The van der Waals surface area contributed by atoms with Crippen LogP contribution in [0.4, 0.5) is 0 Å². The highest BCUT2D eigenvalue weighted by atomic mass is 16.6. The zero-order valence-corrected chi connectivity index (χ0v) is 32.6. The molecule has 0 radical (unpaired) electrons. The number of hydrogen-bond acceptors (Lipinski definition) is 5.